The molecule has 2 rings (SSSR count). The summed E-state index contributed by atoms with van der Waals surface area (Å²) in [6.45, 7) is 2.00. The first-order chi connectivity index (χ1) is 12.0. The number of benzene rings is 2. The molecule has 1 amide bonds. The Morgan fingerprint density at radius 2 is 1.76 bits per heavy atom. The van der Waals surface area contributed by atoms with Gasteiger partial charge in [0.05, 0.1) is 18.2 Å². The van der Waals surface area contributed by atoms with Crippen molar-refractivity contribution in [3.05, 3.63) is 54.6 Å². The van der Waals surface area contributed by atoms with Gasteiger partial charge in [-0.1, -0.05) is 37.3 Å². The second-order valence-corrected chi connectivity index (χ2v) is 5.90. The van der Waals surface area contributed by atoms with Crippen molar-refractivity contribution in [3.8, 4) is 11.5 Å². The fourth-order valence-corrected chi connectivity index (χ4v) is 2.32. The number of hydrogen-bond donors (Lipinski definition) is 2. The second kappa shape index (κ2) is 8.84. The van der Waals surface area contributed by atoms with Crippen LogP contribution in [0.1, 0.15) is 6.92 Å². The zero-order valence-electron chi connectivity index (χ0n) is 14.3. The number of para-hydroxylation sites is 3. The van der Waals surface area contributed by atoms with Crippen LogP contribution < -0.4 is 10.1 Å². The van der Waals surface area contributed by atoms with E-state index in [-0.39, 0.29) is 12.5 Å². The highest BCUT2D eigenvalue weighted by atomic mass is 16.5. The van der Waals surface area contributed by atoms with Crippen molar-refractivity contribution in [2.75, 3.05) is 25.5 Å². The Labute approximate surface area is 147 Å². The molecule has 6 heteroatoms. The minimum absolute atomic E-state index is 0.0945. The van der Waals surface area contributed by atoms with Crippen LogP contribution in [0.15, 0.2) is 54.6 Å². The molecule has 132 valence electrons. The van der Waals surface area contributed by atoms with E-state index in [2.05, 4.69) is 5.32 Å². The lowest BCUT2D eigenvalue weighted by Gasteiger charge is -2.19. The Morgan fingerprint density at radius 3 is 2.44 bits per heavy atom. The number of aliphatic carboxylic acids is 1. The first-order valence-corrected chi connectivity index (χ1v) is 7.99. The number of carboxylic acids is 1. The van der Waals surface area contributed by atoms with Crippen LogP contribution in [0.5, 0.6) is 11.5 Å². The third-order valence-electron chi connectivity index (χ3n) is 3.55. The van der Waals surface area contributed by atoms with Gasteiger partial charge in [-0.2, -0.15) is 0 Å². The Hall–Kier alpha value is -2.86. The van der Waals surface area contributed by atoms with E-state index in [0.29, 0.717) is 23.7 Å². The fraction of sp³-hybridized carbons (Fsp3) is 0.263. The van der Waals surface area contributed by atoms with Gasteiger partial charge in [0.1, 0.15) is 5.75 Å². The molecule has 0 aliphatic carbocycles. The number of likely N-dealkylation sites (N-methyl/N-ethyl adjacent to an activating group) is 1. The monoisotopic (exact) mass is 342 g/mol. The summed E-state index contributed by atoms with van der Waals surface area (Å²) in [5.74, 6) is -0.426. The number of nitrogens with zero attached hydrogens (tertiary/aromatic N) is 1. The topological polar surface area (TPSA) is 78.9 Å². The van der Waals surface area contributed by atoms with Crippen molar-refractivity contribution in [1.29, 1.82) is 0 Å². The second-order valence-electron chi connectivity index (χ2n) is 5.90. The SMILES string of the molecule is CC(CN(C)CC(=O)Nc1ccccc1Oc1ccccc1)C(=O)O. The summed E-state index contributed by atoms with van der Waals surface area (Å²) in [5, 5.41) is 11.7. The van der Waals surface area contributed by atoms with E-state index in [4.69, 9.17) is 9.84 Å². The van der Waals surface area contributed by atoms with E-state index < -0.39 is 11.9 Å². The number of carbonyl (C=O) groups excluding carboxylic acids is 1. The Kier molecular flexibility index (Phi) is 6.54. The smallest absolute Gasteiger partial charge is 0.307 e. The molecular weight excluding hydrogens is 320 g/mol. The summed E-state index contributed by atoms with van der Waals surface area (Å²) < 4.78 is 5.81. The quantitative estimate of drug-likeness (QED) is 0.771. The summed E-state index contributed by atoms with van der Waals surface area (Å²) in [7, 11) is 1.71. The molecule has 0 fully saturated rings. The lowest BCUT2D eigenvalue weighted by Crippen LogP contribution is -2.35. The number of hydrogen-bond acceptors (Lipinski definition) is 4. The van der Waals surface area contributed by atoms with Crippen LogP contribution in [0.25, 0.3) is 0 Å². The number of carboxylic acid groups (broad SMARTS) is 1. The standard InChI is InChI=1S/C19H22N2O4/c1-14(19(23)24)12-21(2)13-18(22)20-16-10-6-7-11-17(16)25-15-8-4-3-5-9-15/h3-11,14H,12-13H2,1-2H3,(H,20,22)(H,23,24). The highest BCUT2D eigenvalue weighted by Crippen LogP contribution is 2.28. The molecule has 0 saturated heterocycles. The summed E-state index contributed by atoms with van der Waals surface area (Å²) in [5.41, 5.74) is 0.566. The molecule has 0 spiro atoms. The van der Waals surface area contributed by atoms with Crippen molar-refractivity contribution in [3.63, 3.8) is 0 Å². The van der Waals surface area contributed by atoms with Crippen LogP contribution in [0, 0.1) is 5.92 Å². The van der Waals surface area contributed by atoms with Gasteiger partial charge >= 0.3 is 5.97 Å². The van der Waals surface area contributed by atoms with E-state index in [1.165, 1.54) is 0 Å². The molecule has 1 atom stereocenters. The molecular formula is C19H22N2O4. The van der Waals surface area contributed by atoms with Gasteiger partial charge in [0, 0.05) is 6.54 Å². The van der Waals surface area contributed by atoms with Crippen LogP contribution in [-0.4, -0.2) is 42.0 Å². The molecule has 0 bridgehead atoms. The molecule has 1 unspecified atom stereocenters. The predicted molar refractivity (Wildman–Crippen MR) is 95.9 cm³/mol. The van der Waals surface area contributed by atoms with Gasteiger partial charge < -0.3 is 15.2 Å². The molecule has 0 heterocycles. The van der Waals surface area contributed by atoms with E-state index in [0.717, 1.165) is 0 Å². The van der Waals surface area contributed by atoms with Gasteiger partial charge in [-0.3, -0.25) is 14.5 Å². The molecule has 0 radical (unpaired) electrons. The minimum atomic E-state index is -0.881. The molecule has 0 aromatic heterocycles. The third-order valence-corrected chi connectivity index (χ3v) is 3.55. The van der Waals surface area contributed by atoms with E-state index in [1.807, 2.05) is 42.5 Å². The molecule has 2 aromatic rings. The first kappa shape index (κ1) is 18.5. The van der Waals surface area contributed by atoms with Gasteiger partial charge in [-0.15, -0.1) is 0 Å². The van der Waals surface area contributed by atoms with Crippen LogP contribution in [0.3, 0.4) is 0 Å². The molecule has 0 aliphatic heterocycles. The van der Waals surface area contributed by atoms with Gasteiger partial charge in [0.15, 0.2) is 5.75 Å². The van der Waals surface area contributed by atoms with E-state index >= 15 is 0 Å². The molecule has 2 N–H and O–H groups in total. The third kappa shape index (κ3) is 5.93. The number of rotatable bonds is 8. The van der Waals surface area contributed by atoms with Gasteiger partial charge in [0.2, 0.25) is 5.91 Å². The van der Waals surface area contributed by atoms with Crippen molar-refractivity contribution < 1.29 is 19.4 Å². The molecule has 2 aromatic carbocycles. The maximum absolute atomic E-state index is 12.2. The van der Waals surface area contributed by atoms with Gasteiger partial charge in [0.25, 0.3) is 0 Å². The van der Waals surface area contributed by atoms with E-state index in [9.17, 15) is 9.59 Å². The Morgan fingerprint density at radius 1 is 1.12 bits per heavy atom. The maximum Gasteiger partial charge on any atom is 0.307 e. The van der Waals surface area contributed by atoms with Crippen molar-refractivity contribution >= 4 is 17.6 Å². The number of nitrogens with one attached hydrogen (secondary N) is 1. The van der Waals surface area contributed by atoms with Gasteiger partial charge in [-0.25, -0.2) is 0 Å². The summed E-state index contributed by atoms with van der Waals surface area (Å²) in [6.07, 6.45) is 0. The van der Waals surface area contributed by atoms with Crippen molar-refractivity contribution in [2.24, 2.45) is 5.92 Å². The predicted octanol–water partition coefficient (Wildman–Crippen LogP) is 3.07. The van der Waals surface area contributed by atoms with Crippen LogP contribution >= 0.6 is 0 Å². The summed E-state index contributed by atoms with van der Waals surface area (Å²) >= 11 is 0. The largest absolute Gasteiger partial charge is 0.481 e. The summed E-state index contributed by atoms with van der Waals surface area (Å²) in [6, 6.07) is 16.5. The zero-order valence-corrected chi connectivity index (χ0v) is 14.3. The highest BCUT2D eigenvalue weighted by molar-refractivity contribution is 5.93. The highest BCUT2D eigenvalue weighted by Gasteiger charge is 2.16. The van der Waals surface area contributed by atoms with Crippen LogP contribution in [0.2, 0.25) is 0 Å². The van der Waals surface area contributed by atoms with Crippen molar-refractivity contribution in [2.45, 2.75) is 6.92 Å². The number of carbonyl (C=O) groups is 2. The van der Waals surface area contributed by atoms with Gasteiger partial charge in [-0.05, 0) is 31.3 Å². The average Bonchev–Trinajstić information content (AvgIpc) is 2.57. The number of amides is 1. The minimum Gasteiger partial charge on any atom is -0.481 e. The number of ether oxygens (including phenoxy) is 1. The Balaban J connectivity index is 1.98. The molecule has 25 heavy (non-hydrogen) atoms. The fourth-order valence-electron chi connectivity index (χ4n) is 2.32. The maximum atomic E-state index is 12.2. The zero-order chi connectivity index (χ0) is 18.2. The summed E-state index contributed by atoms with van der Waals surface area (Å²) in [4.78, 5) is 24.8. The lowest BCUT2D eigenvalue weighted by atomic mass is 10.2. The van der Waals surface area contributed by atoms with E-state index in [1.54, 1.807) is 31.0 Å². The van der Waals surface area contributed by atoms with Crippen LogP contribution in [0.4, 0.5) is 5.69 Å². The average molecular weight is 342 g/mol. The molecule has 0 aliphatic rings. The first-order valence-electron chi connectivity index (χ1n) is 7.99. The number of anilines is 1. The van der Waals surface area contributed by atoms with Crippen LogP contribution in [-0.2, 0) is 9.59 Å². The molecule has 6 nitrogen and oxygen atoms in total. The molecule has 0 saturated carbocycles. The van der Waals surface area contributed by atoms with Crippen molar-refractivity contribution in [1.82, 2.24) is 4.90 Å². The lowest BCUT2D eigenvalue weighted by molar-refractivity contribution is -0.141. The normalized spacial score (nSPS) is 11.8. The Bertz CT molecular complexity index is 718.